The Hall–Kier alpha value is -0.470. The smallest absolute Gasteiger partial charge is 0.0108 e. The standard InChI is InChI=1S/C16H25NS/c1-12(2)8-9-13(3)17-10-14-11-18-16-7-5-4-6-15(14)16/h4-7,12-14,17H,8-11H2,1-3H3. The van der Waals surface area contributed by atoms with Crippen LogP contribution in [0.5, 0.6) is 0 Å². The molecule has 2 rings (SSSR count). The highest BCUT2D eigenvalue weighted by Crippen LogP contribution is 2.38. The average molecular weight is 263 g/mol. The van der Waals surface area contributed by atoms with Gasteiger partial charge >= 0.3 is 0 Å². The van der Waals surface area contributed by atoms with Crippen molar-refractivity contribution in [3.05, 3.63) is 29.8 Å². The fraction of sp³-hybridized carbons (Fsp3) is 0.625. The van der Waals surface area contributed by atoms with Crippen LogP contribution in [-0.4, -0.2) is 18.3 Å². The Balaban J connectivity index is 1.78. The Morgan fingerprint density at radius 1 is 1.22 bits per heavy atom. The molecule has 1 nitrogen and oxygen atoms in total. The Labute approximate surface area is 116 Å². The maximum absolute atomic E-state index is 3.71. The Kier molecular flexibility index (Phi) is 5.13. The van der Waals surface area contributed by atoms with Crippen LogP contribution in [0.4, 0.5) is 0 Å². The maximum atomic E-state index is 3.71. The number of hydrogen-bond acceptors (Lipinski definition) is 2. The molecule has 1 heterocycles. The van der Waals surface area contributed by atoms with Crippen molar-refractivity contribution in [1.29, 1.82) is 0 Å². The molecular weight excluding hydrogens is 238 g/mol. The van der Waals surface area contributed by atoms with Crippen molar-refractivity contribution >= 4 is 11.8 Å². The number of rotatable bonds is 6. The zero-order valence-electron chi connectivity index (χ0n) is 11.8. The first kappa shape index (κ1) is 14.0. The highest BCUT2D eigenvalue weighted by atomic mass is 32.2. The van der Waals surface area contributed by atoms with E-state index in [1.54, 1.807) is 5.56 Å². The van der Waals surface area contributed by atoms with Gasteiger partial charge in [0.05, 0.1) is 0 Å². The van der Waals surface area contributed by atoms with Gasteiger partial charge in [-0.25, -0.2) is 0 Å². The molecule has 1 aliphatic heterocycles. The lowest BCUT2D eigenvalue weighted by Crippen LogP contribution is -2.30. The molecule has 100 valence electrons. The zero-order valence-corrected chi connectivity index (χ0v) is 12.6. The van der Waals surface area contributed by atoms with E-state index in [9.17, 15) is 0 Å². The monoisotopic (exact) mass is 263 g/mol. The van der Waals surface area contributed by atoms with E-state index in [0.717, 1.165) is 12.5 Å². The van der Waals surface area contributed by atoms with Gasteiger partial charge in [0.2, 0.25) is 0 Å². The minimum atomic E-state index is 0.644. The second-order valence-electron chi connectivity index (χ2n) is 5.83. The van der Waals surface area contributed by atoms with Crippen molar-refractivity contribution < 1.29 is 0 Å². The molecule has 0 saturated heterocycles. The second kappa shape index (κ2) is 6.63. The summed E-state index contributed by atoms with van der Waals surface area (Å²) in [6.45, 7) is 8.05. The highest BCUT2D eigenvalue weighted by Gasteiger charge is 2.22. The first-order valence-corrected chi connectivity index (χ1v) is 8.10. The summed E-state index contributed by atoms with van der Waals surface area (Å²) >= 11 is 2.01. The molecular formula is C16H25NS. The van der Waals surface area contributed by atoms with Crippen LogP contribution >= 0.6 is 11.8 Å². The molecule has 0 spiro atoms. The van der Waals surface area contributed by atoms with Crippen LogP contribution in [0.2, 0.25) is 0 Å². The molecule has 2 heteroatoms. The summed E-state index contributed by atoms with van der Waals surface area (Å²) < 4.78 is 0. The second-order valence-corrected chi connectivity index (χ2v) is 6.89. The number of fused-ring (bicyclic) bond motifs is 1. The van der Waals surface area contributed by atoms with Gasteiger partial charge in [0.1, 0.15) is 0 Å². The van der Waals surface area contributed by atoms with Crippen molar-refractivity contribution in [2.45, 2.75) is 50.5 Å². The Morgan fingerprint density at radius 3 is 2.78 bits per heavy atom. The summed E-state index contributed by atoms with van der Waals surface area (Å²) in [5.74, 6) is 2.76. The van der Waals surface area contributed by atoms with Crippen molar-refractivity contribution in [3.8, 4) is 0 Å². The van der Waals surface area contributed by atoms with E-state index < -0.39 is 0 Å². The van der Waals surface area contributed by atoms with Gasteiger partial charge in [-0.1, -0.05) is 32.0 Å². The van der Waals surface area contributed by atoms with Gasteiger partial charge in [-0.05, 0) is 37.3 Å². The zero-order chi connectivity index (χ0) is 13.0. The SMILES string of the molecule is CC(C)CCC(C)NCC1CSc2ccccc21. The molecule has 1 aromatic carbocycles. The van der Waals surface area contributed by atoms with E-state index in [1.165, 1.54) is 23.5 Å². The molecule has 18 heavy (non-hydrogen) atoms. The number of thioether (sulfide) groups is 1. The lowest BCUT2D eigenvalue weighted by molar-refractivity contribution is 0.443. The third-order valence-corrected chi connectivity index (χ3v) is 4.94. The number of hydrogen-bond donors (Lipinski definition) is 1. The largest absolute Gasteiger partial charge is 0.314 e. The molecule has 0 saturated carbocycles. The van der Waals surface area contributed by atoms with Gasteiger partial charge in [0.15, 0.2) is 0 Å². The van der Waals surface area contributed by atoms with Crippen LogP contribution in [-0.2, 0) is 0 Å². The van der Waals surface area contributed by atoms with Crippen molar-refractivity contribution in [3.63, 3.8) is 0 Å². The molecule has 0 aliphatic carbocycles. The topological polar surface area (TPSA) is 12.0 Å². The minimum absolute atomic E-state index is 0.644. The average Bonchev–Trinajstić information content (AvgIpc) is 2.77. The van der Waals surface area contributed by atoms with Crippen LogP contribution in [0, 0.1) is 5.92 Å². The van der Waals surface area contributed by atoms with Crippen LogP contribution < -0.4 is 5.32 Å². The molecule has 2 unspecified atom stereocenters. The Bertz CT molecular complexity index is 375. The highest BCUT2D eigenvalue weighted by molar-refractivity contribution is 7.99. The number of nitrogens with one attached hydrogen (secondary N) is 1. The third-order valence-electron chi connectivity index (χ3n) is 3.69. The lowest BCUT2D eigenvalue weighted by Gasteiger charge is -2.18. The first-order chi connectivity index (χ1) is 8.66. The van der Waals surface area contributed by atoms with E-state index in [2.05, 4.69) is 50.4 Å². The molecule has 1 aromatic rings. The summed E-state index contributed by atoms with van der Waals surface area (Å²) in [5.41, 5.74) is 1.55. The van der Waals surface area contributed by atoms with E-state index in [0.29, 0.717) is 12.0 Å². The van der Waals surface area contributed by atoms with Gasteiger partial charge in [0.25, 0.3) is 0 Å². The van der Waals surface area contributed by atoms with Crippen LogP contribution in [0.15, 0.2) is 29.2 Å². The fourth-order valence-electron chi connectivity index (χ4n) is 2.43. The van der Waals surface area contributed by atoms with Gasteiger partial charge in [0, 0.05) is 29.2 Å². The van der Waals surface area contributed by atoms with Gasteiger partial charge in [-0.2, -0.15) is 0 Å². The van der Waals surface area contributed by atoms with Crippen molar-refractivity contribution in [2.24, 2.45) is 5.92 Å². The summed E-state index contributed by atoms with van der Waals surface area (Å²) in [7, 11) is 0. The fourth-order valence-corrected chi connectivity index (χ4v) is 3.68. The normalized spacial score (nSPS) is 20.1. The quantitative estimate of drug-likeness (QED) is 0.821. The van der Waals surface area contributed by atoms with Crippen LogP contribution in [0.25, 0.3) is 0 Å². The maximum Gasteiger partial charge on any atom is 0.0108 e. The van der Waals surface area contributed by atoms with Crippen molar-refractivity contribution in [1.82, 2.24) is 5.32 Å². The molecule has 1 aliphatic rings. The predicted molar refractivity (Wildman–Crippen MR) is 81.4 cm³/mol. The summed E-state index contributed by atoms with van der Waals surface area (Å²) in [6.07, 6.45) is 2.61. The molecule has 0 bridgehead atoms. The molecule has 0 fully saturated rings. The van der Waals surface area contributed by atoms with Crippen LogP contribution in [0.3, 0.4) is 0 Å². The van der Waals surface area contributed by atoms with E-state index >= 15 is 0 Å². The predicted octanol–water partition coefficient (Wildman–Crippen LogP) is 4.29. The summed E-state index contributed by atoms with van der Waals surface area (Å²) in [5, 5.41) is 3.71. The molecule has 1 N–H and O–H groups in total. The lowest BCUT2D eigenvalue weighted by atomic mass is 10.00. The third kappa shape index (κ3) is 3.76. The van der Waals surface area contributed by atoms with Crippen molar-refractivity contribution in [2.75, 3.05) is 12.3 Å². The molecule has 0 amide bonds. The first-order valence-electron chi connectivity index (χ1n) is 7.12. The van der Waals surface area contributed by atoms with Gasteiger partial charge in [-0.15, -0.1) is 11.8 Å². The van der Waals surface area contributed by atoms with Gasteiger partial charge < -0.3 is 5.32 Å². The minimum Gasteiger partial charge on any atom is -0.314 e. The molecule has 0 radical (unpaired) electrons. The summed E-state index contributed by atoms with van der Waals surface area (Å²) in [4.78, 5) is 1.49. The number of benzene rings is 1. The van der Waals surface area contributed by atoms with Crippen LogP contribution in [0.1, 0.15) is 45.1 Å². The van der Waals surface area contributed by atoms with E-state index in [-0.39, 0.29) is 0 Å². The molecule has 2 atom stereocenters. The van der Waals surface area contributed by atoms with Gasteiger partial charge in [-0.3, -0.25) is 0 Å². The van der Waals surface area contributed by atoms with E-state index in [1.807, 2.05) is 11.8 Å². The summed E-state index contributed by atoms with van der Waals surface area (Å²) in [6, 6.07) is 9.50. The Morgan fingerprint density at radius 2 is 2.00 bits per heavy atom. The van der Waals surface area contributed by atoms with E-state index in [4.69, 9.17) is 0 Å². The molecule has 0 aromatic heterocycles.